The molecule has 0 aliphatic carbocycles. The fourth-order valence-corrected chi connectivity index (χ4v) is 1.81. The molecular formula is C10H12N2O4S. The van der Waals surface area contributed by atoms with E-state index in [0.717, 1.165) is 6.20 Å². The summed E-state index contributed by atoms with van der Waals surface area (Å²) in [5.41, 5.74) is -0.930. The Balaban J connectivity index is 2.65. The summed E-state index contributed by atoms with van der Waals surface area (Å²) in [6, 6.07) is 2.86. The normalized spacial score (nSPS) is 11.2. The lowest BCUT2D eigenvalue weighted by atomic mass is 9.97. The summed E-state index contributed by atoms with van der Waals surface area (Å²) in [5, 5.41) is 19.9. The molecule has 1 rings (SSSR count). The molecule has 1 aromatic rings. The second kappa shape index (κ2) is 5.13. The van der Waals surface area contributed by atoms with Crippen LogP contribution in [0.2, 0.25) is 0 Å². The molecule has 0 atom stereocenters. The third-order valence-electron chi connectivity index (χ3n) is 2.09. The SMILES string of the molecule is CC(C)(CSc1ccc([N+](=O)[O-])cn1)C(=O)O. The molecule has 0 saturated heterocycles. The Hall–Kier alpha value is -1.63. The predicted octanol–water partition coefficient (Wildman–Crippen LogP) is 2.19. The largest absolute Gasteiger partial charge is 0.481 e. The maximum absolute atomic E-state index is 10.9. The number of thioether (sulfide) groups is 1. The van der Waals surface area contributed by atoms with Crippen LogP contribution in [0, 0.1) is 15.5 Å². The Morgan fingerprint density at radius 2 is 2.24 bits per heavy atom. The lowest BCUT2D eigenvalue weighted by Crippen LogP contribution is -2.26. The Morgan fingerprint density at radius 3 is 2.65 bits per heavy atom. The standard InChI is InChI=1S/C10H12N2O4S/c1-10(2,9(13)14)6-17-8-4-3-7(5-11-8)12(15)16/h3-5H,6H2,1-2H3,(H,13,14). The third-order valence-corrected chi connectivity index (χ3v) is 3.49. The topological polar surface area (TPSA) is 93.3 Å². The van der Waals surface area contributed by atoms with Crippen molar-refractivity contribution in [2.24, 2.45) is 5.41 Å². The van der Waals surface area contributed by atoms with Gasteiger partial charge in [0.05, 0.1) is 15.4 Å². The number of hydrogen-bond donors (Lipinski definition) is 1. The van der Waals surface area contributed by atoms with Gasteiger partial charge in [-0.1, -0.05) is 0 Å². The van der Waals surface area contributed by atoms with E-state index in [9.17, 15) is 14.9 Å². The molecule has 1 aromatic heterocycles. The average Bonchev–Trinajstić information content (AvgIpc) is 2.27. The number of carbonyl (C=O) groups is 1. The molecule has 0 aromatic carbocycles. The van der Waals surface area contributed by atoms with Gasteiger partial charge < -0.3 is 5.11 Å². The molecule has 0 fully saturated rings. The van der Waals surface area contributed by atoms with E-state index in [4.69, 9.17) is 5.11 Å². The molecule has 0 saturated carbocycles. The molecule has 0 bridgehead atoms. The van der Waals surface area contributed by atoms with Gasteiger partial charge in [-0.25, -0.2) is 4.98 Å². The molecular weight excluding hydrogens is 244 g/mol. The zero-order chi connectivity index (χ0) is 13.1. The van der Waals surface area contributed by atoms with Crippen LogP contribution in [0.5, 0.6) is 0 Å². The van der Waals surface area contributed by atoms with Gasteiger partial charge in [-0.2, -0.15) is 0 Å². The first-order valence-corrected chi connectivity index (χ1v) is 5.78. The van der Waals surface area contributed by atoms with E-state index in [-0.39, 0.29) is 5.69 Å². The molecule has 0 amide bonds. The second-order valence-electron chi connectivity index (χ2n) is 4.09. The highest BCUT2D eigenvalue weighted by Crippen LogP contribution is 2.27. The lowest BCUT2D eigenvalue weighted by molar-refractivity contribution is -0.385. The number of rotatable bonds is 5. The highest BCUT2D eigenvalue weighted by atomic mass is 32.2. The van der Waals surface area contributed by atoms with Crippen LogP contribution in [-0.2, 0) is 4.79 Å². The number of aromatic nitrogens is 1. The number of pyridine rings is 1. The predicted molar refractivity (Wildman–Crippen MR) is 63.0 cm³/mol. The van der Waals surface area contributed by atoms with Gasteiger partial charge in [-0.3, -0.25) is 14.9 Å². The molecule has 1 heterocycles. The van der Waals surface area contributed by atoms with Crippen molar-refractivity contribution in [1.82, 2.24) is 4.98 Å². The first-order chi connectivity index (χ1) is 7.83. The van der Waals surface area contributed by atoms with E-state index in [0.29, 0.717) is 10.8 Å². The smallest absolute Gasteiger partial charge is 0.309 e. The average molecular weight is 256 g/mol. The number of nitro groups is 1. The van der Waals surface area contributed by atoms with Crippen LogP contribution in [0.15, 0.2) is 23.4 Å². The highest BCUT2D eigenvalue weighted by Gasteiger charge is 2.27. The maximum atomic E-state index is 10.9. The van der Waals surface area contributed by atoms with Crippen LogP contribution in [0.1, 0.15) is 13.8 Å². The quantitative estimate of drug-likeness (QED) is 0.493. The summed E-state index contributed by atoms with van der Waals surface area (Å²) >= 11 is 1.26. The number of carboxylic acid groups (broad SMARTS) is 1. The van der Waals surface area contributed by atoms with Crippen LogP contribution in [0.3, 0.4) is 0 Å². The monoisotopic (exact) mass is 256 g/mol. The van der Waals surface area contributed by atoms with Crippen molar-refractivity contribution in [3.63, 3.8) is 0 Å². The Labute approximate surface area is 102 Å². The number of aliphatic carboxylic acids is 1. The fourth-order valence-electron chi connectivity index (χ4n) is 0.882. The van der Waals surface area contributed by atoms with Gasteiger partial charge in [0.2, 0.25) is 0 Å². The lowest BCUT2D eigenvalue weighted by Gasteiger charge is -2.17. The molecule has 7 heteroatoms. The first-order valence-electron chi connectivity index (χ1n) is 4.79. The molecule has 0 aliphatic rings. The van der Waals surface area contributed by atoms with Crippen LogP contribution >= 0.6 is 11.8 Å². The minimum Gasteiger partial charge on any atom is -0.481 e. The van der Waals surface area contributed by atoms with Gasteiger partial charge in [0.1, 0.15) is 6.20 Å². The summed E-state index contributed by atoms with van der Waals surface area (Å²) in [7, 11) is 0. The number of nitrogens with zero attached hydrogens (tertiary/aromatic N) is 2. The zero-order valence-corrected chi connectivity index (χ0v) is 10.2. The Kier molecular flexibility index (Phi) is 4.06. The molecule has 0 aliphatic heterocycles. The van der Waals surface area contributed by atoms with Crippen LogP contribution < -0.4 is 0 Å². The molecule has 17 heavy (non-hydrogen) atoms. The van der Waals surface area contributed by atoms with Crippen molar-refractivity contribution in [2.45, 2.75) is 18.9 Å². The van der Waals surface area contributed by atoms with Crippen molar-refractivity contribution in [3.8, 4) is 0 Å². The van der Waals surface area contributed by atoms with E-state index in [1.54, 1.807) is 13.8 Å². The van der Waals surface area contributed by atoms with Crippen molar-refractivity contribution in [3.05, 3.63) is 28.4 Å². The van der Waals surface area contributed by atoms with Gasteiger partial charge in [0.25, 0.3) is 5.69 Å². The van der Waals surface area contributed by atoms with E-state index in [2.05, 4.69) is 4.98 Å². The van der Waals surface area contributed by atoms with E-state index < -0.39 is 16.3 Å². The van der Waals surface area contributed by atoms with Gasteiger partial charge in [-0.15, -0.1) is 11.8 Å². The first kappa shape index (κ1) is 13.4. The molecule has 0 unspecified atom stereocenters. The van der Waals surface area contributed by atoms with Gasteiger partial charge in [-0.05, 0) is 19.9 Å². The third kappa shape index (κ3) is 3.70. The molecule has 0 radical (unpaired) electrons. The van der Waals surface area contributed by atoms with E-state index >= 15 is 0 Å². The van der Waals surface area contributed by atoms with Crippen LogP contribution in [-0.4, -0.2) is 26.7 Å². The molecule has 92 valence electrons. The summed E-state index contributed by atoms with van der Waals surface area (Å²) in [6.45, 7) is 3.24. The van der Waals surface area contributed by atoms with Crippen LogP contribution in [0.4, 0.5) is 5.69 Å². The summed E-state index contributed by atoms with van der Waals surface area (Å²) in [6.07, 6.45) is 1.16. The van der Waals surface area contributed by atoms with Crippen molar-refractivity contribution >= 4 is 23.4 Å². The van der Waals surface area contributed by atoms with Gasteiger partial charge in [0.15, 0.2) is 0 Å². The van der Waals surface area contributed by atoms with Crippen molar-refractivity contribution in [1.29, 1.82) is 0 Å². The Bertz CT molecular complexity index is 430. The van der Waals surface area contributed by atoms with Crippen LogP contribution in [0.25, 0.3) is 0 Å². The van der Waals surface area contributed by atoms with E-state index in [1.165, 1.54) is 23.9 Å². The highest BCUT2D eigenvalue weighted by molar-refractivity contribution is 7.99. The number of carboxylic acids is 1. The minimum absolute atomic E-state index is 0.0770. The summed E-state index contributed by atoms with van der Waals surface area (Å²) < 4.78 is 0. The Morgan fingerprint density at radius 1 is 1.59 bits per heavy atom. The second-order valence-corrected chi connectivity index (χ2v) is 5.09. The fraction of sp³-hybridized carbons (Fsp3) is 0.400. The molecule has 1 N–H and O–H groups in total. The summed E-state index contributed by atoms with van der Waals surface area (Å²) in [4.78, 5) is 24.6. The van der Waals surface area contributed by atoms with E-state index in [1.807, 2.05) is 0 Å². The molecule has 0 spiro atoms. The van der Waals surface area contributed by atoms with Crippen molar-refractivity contribution < 1.29 is 14.8 Å². The van der Waals surface area contributed by atoms with Crippen molar-refractivity contribution in [2.75, 3.05) is 5.75 Å². The minimum atomic E-state index is -0.882. The number of hydrogen-bond acceptors (Lipinski definition) is 5. The van der Waals surface area contributed by atoms with Gasteiger partial charge >= 0.3 is 5.97 Å². The zero-order valence-electron chi connectivity index (χ0n) is 9.41. The maximum Gasteiger partial charge on any atom is 0.309 e. The molecule has 6 nitrogen and oxygen atoms in total. The summed E-state index contributed by atoms with van der Waals surface area (Å²) in [5.74, 6) is -0.528. The van der Waals surface area contributed by atoms with Gasteiger partial charge in [0, 0.05) is 11.8 Å².